The van der Waals surface area contributed by atoms with Crippen LogP contribution in [0.3, 0.4) is 0 Å². The van der Waals surface area contributed by atoms with E-state index in [2.05, 4.69) is 15.8 Å². The van der Waals surface area contributed by atoms with Gasteiger partial charge in [0.25, 0.3) is 5.91 Å². The van der Waals surface area contributed by atoms with E-state index in [-0.39, 0.29) is 17.7 Å². The molecule has 1 aromatic carbocycles. The Balaban J connectivity index is 1.77. The second kappa shape index (κ2) is 7.06. The normalized spacial score (nSPS) is 18.4. The molecule has 0 radical (unpaired) electrons. The molecule has 0 saturated heterocycles. The number of nitrogens with zero attached hydrogens (tertiary/aromatic N) is 1. The molecular weight excluding hydrogens is 282 g/mol. The van der Waals surface area contributed by atoms with Crippen molar-refractivity contribution in [3.05, 3.63) is 29.8 Å². The number of amides is 2. The first kappa shape index (κ1) is 16.0. The molecule has 1 aliphatic rings. The van der Waals surface area contributed by atoms with E-state index in [0.717, 1.165) is 11.3 Å². The lowest BCUT2D eigenvalue weighted by atomic mass is 10.0. The lowest BCUT2D eigenvalue weighted by Crippen LogP contribution is -2.38. The van der Waals surface area contributed by atoms with Crippen LogP contribution < -0.4 is 15.5 Å². The van der Waals surface area contributed by atoms with E-state index in [1.807, 2.05) is 31.2 Å². The molecule has 1 aromatic rings. The van der Waals surface area contributed by atoms with Gasteiger partial charge < -0.3 is 10.1 Å². The summed E-state index contributed by atoms with van der Waals surface area (Å²) in [5.74, 6) is 0.0967. The molecule has 22 heavy (non-hydrogen) atoms. The zero-order valence-corrected chi connectivity index (χ0v) is 13.1. The van der Waals surface area contributed by atoms with E-state index in [1.165, 1.54) is 0 Å². The number of hydrogen-bond acceptors (Lipinski definition) is 4. The summed E-state index contributed by atoms with van der Waals surface area (Å²) >= 11 is 0. The molecule has 118 valence electrons. The maximum atomic E-state index is 12.0. The first-order chi connectivity index (χ1) is 10.5. The monoisotopic (exact) mass is 303 g/mol. The van der Waals surface area contributed by atoms with Crippen LogP contribution in [0, 0.1) is 12.8 Å². The smallest absolute Gasteiger partial charge is 0.260 e. The minimum Gasteiger partial charge on any atom is -0.481 e. The molecule has 0 unspecified atom stereocenters. The van der Waals surface area contributed by atoms with Gasteiger partial charge in [-0.2, -0.15) is 5.10 Å². The predicted octanol–water partition coefficient (Wildman–Crippen LogP) is 1.39. The fraction of sp³-hybridized carbons (Fsp3) is 0.438. The van der Waals surface area contributed by atoms with Crippen LogP contribution >= 0.6 is 0 Å². The van der Waals surface area contributed by atoms with Gasteiger partial charge in [0.2, 0.25) is 5.91 Å². The second-order valence-corrected chi connectivity index (χ2v) is 5.44. The number of benzene rings is 1. The van der Waals surface area contributed by atoms with Crippen LogP contribution in [0.15, 0.2) is 29.4 Å². The van der Waals surface area contributed by atoms with Crippen molar-refractivity contribution in [2.75, 3.05) is 6.54 Å². The highest BCUT2D eigenvalue weighted by atomic mass is 16.5. The SMILES string of the molecule is CC1=NNC(=O)[C@@H]1CCNC(=O)[C@@H](C)Oc1cccc(C)c1. The fourth-order valence-electron chi connectivity index (χ4n) is 2.26. The first-order valence-electron chi connectivity index (χ1n) is 7.32. The van der Waals surface area contributed by atoms with Crippen LogP contribution in [-0.2, 0) is 9.59 Å². The molecule has 6 nitrogen and oxygen atoms in total. The lowest BCUT2D eigenvalue weighted by molar-refractivity contribution is -0.127. The number of rotatable bonds is 6. The van der Waals surface area contributed by atoms with Crippen LogP contribution in [0.25, 0.3) is 0 Å². The molecule has 2 atom stereocenters. The van der Waals surface area contributed by atoms with Crippen molar-refractivity contribution >= 4 is 17.5 Å². The maximum absolute atomic E-state index is 12.0. The third-order valence-corrected chi connectivity index (χ3v) is 3.57. The Morgan fingerprint density at radius 1 is 1.45 bits per heavy atom. The molecule has 0 bridgehead atoms. The molecule has 2 N–H and O–H groups in total. The van der Waals surface area contributed by atoms with Gasteiger partial charge in [0.1, 0.15) is 5.75 Å². The molecule has 0 fully saturated rings. The lowest BCUT2D eigenvalue weighted by Gasteiger charge is -2.15. The van der Waals surface area contributed by atoms with E-state index in [4.69, 9.17) is 4.74 Å². The average Bonchev–Trinajstić information content (AvgIpc) is 2.78. The Labute approximate surface area is 129 Å². The van der Waals surface area contributed by atoms with Gasteiger partial charge in [-0.25, -0.2) is 5.43 Å². The zero-order valence-electron chi connectivity index (χ0n) is 13.1. The summed E-state index contributed by atoms with van der Waals surface area (Å²) in [6.45, 7) is 5.87. The van der Waals surface area contributed by atoms with Gasteiger partial charge in [-0.3, -0.25) is 9.59 Å². The Morgan fingerprint density at radius 3 is 2.86 bits per heavy atom. The number of carbonyl (C=O) groups excluding carboxylic acids is 2. The summed E-state index contributed by atoms with van der Waals surface area (Å²) in [5, 5.41) is 6.66. The summed E-state index contributed by atoms with van der Waals surface area (Å²) in [5.41, 5.74) is 4.26. The molecule has 0 aromatic heterocycles. The molecule has 2 rings (SSSR count). The highest BCUT2D eigenvalue weighted by Crippen LogP contribution is 2.14. The van der Waals surface area contributed by atoms with Gasteiger partial charge in [-0.15, -0.1) is 0 Å². The van der Waals surface area contributed by atoms with Gasteiger partial charge in [0.15, 0.2) is 6.10 Å². The van der Waals surface area contributed by atoms with Crippen LogP contribution in [0.1, 0.15) is 25.8 Å². The van der Waals surface area contributed by atoms with E-state index < -0.39 is 6.10 Å². The summed E-state index contributed by atoms with van der Waals surface area (Å²) in [6, 6.07) is 7.55. The van der Waals surface area contributed by atoms with Crippen LogP contribution in [0.4, 0.5) is 0 Å². The van der Waals surface area contributed by atoms with Crippen molar-refractivity contribution < 1.29 is 14.3 Å². The van der Waals surface area contributed by atoms with Crippen molar-refractivity contribution in [1.29, 1.82) is 0 Å². The average molecular weight is 303 g/mol. The Kier molecular flexibility index (Phi) is 5.14. The largest absolute Gasteiger partial charge is 0.481 e. The molecule has 0 saturated carbocycles. The zero-order chi connectivity index (χ0) is 16.1. The van der Waals surface area contributed by atoms with E-state index in [1.54, 1.807) is 13.8 Å². The Bertz CT molecular complexity index is 598. The molecule has 0 aliphatic carbocycles. The van der Waals surface area contributed by atoms with E-state index in [9.17, 15) is 9.59 Å². The molecule has 6 heteroatoms. The van der Waals surface area contributed by atoms with Crippen molar-refractivity contribution in [1.82, 2.24) is 10.7 Å². The highest BCUT2D eigenvalue weighted by molar-refractivity contribution is 6.06. The van der Waals surface area contributed by atoms with Crippen LogP contribution in [0.5, 0.6) is 5.75 Å². The summed E-state index contributed by atoms with van der Waals surface area (Å²) in [6.07, 6.45) is -0.0571. The quantitative estimate of drug-likeness (QED) is 0.833. The minimum atomic E-state index is -0.589. The van der Waals surface area contributed by atoms with Crippen LogP contribution in [-0.4, -0.2) is 30.2 Å². The maximum Gasteiger partial charge on any atom is 0.260 e. The molecule has 2 amide bonds. The standard InChI is InChI=1S/C16H21N3O3/c1-10-5-4-6-13(9-10)22-12(3)15(20)17-8-7-14-11(2)18-19-16(14)21/h4-6,9,12,14H,7-8H2,1-3H3,(H,17,20)(H,19,21)/t12-,14-/m1/s1. The summed E-state index contributed by atoms with van der Waals surface area (Å²) < 4.78 is 5.61. The van der Waals surface area contributed by atoms with Gasteiger partial charge in [0, 0.05) is 12.3 Å². The Hall–Kier alpha value is -2.37. The van der Waals surface area contributed by atoms with Gasteiger partial charge >= 0.3 is 0 Å². The van der Waals surface area contributed by atoms with E-state index in [0.29, 0.717) is 18.7 Å². The summed E-state index contributed by atoms with van der Waals surface area (Å²) in [7, 11) is 0. The number of nitrogens with one attached hydrogen (secondary N) is 2. The Morgan fingerprint density at radius 2 is 2.23 bits per heavy atom. The molecule has 1 aliphatic heterocycles. The first-order valence-corrected chi connectivity index (χ1v) is 7.32. The number of aryl methyl sites for hydroxylation is 1. The third kappa shape index (κ3) is 4.07. The second-order valence-electron chi connectivity index (χ2n) is 5.44. The van der Waals surface area contributed by atoms with Crippen molar-refractivity contribution in [2.24, 2.45) is 11.0 Å². The van der Waals surface area contributed by atoms with Crippen LogP contribution in [0.2, 0.25) is 0 Å². The minimum absolute atomic E-state index is 0.115. The van der Waals surface area contributed by atoms with Gasteiger partial charge in [-0.05, 0) is 44.9 Å². The number of carbonyl (C=O) groups is 2. The number of ether oxygens (including phenoxy) is 1. The molecule has 1 heterocycles. The molecular formula is C16H21N3O3. The summed E-state index contributed by atoms with van der Waals surface area (Å²) in [4.78, 5) is 23.5. The number of hydrogen-bond donors (Lipinski definition) is 2. The predicted molar refractivity (Wildman–Crippen MR) is 83.6 cm³/mol. The van der Waals surface area contributed by atoms with Crippen molar-refractivity contribution in [3.8, 4) is 5.75 Å². The van der Waals surface area contributed by atoms with Gasteiger partial charge in [-0.1, -0.05) is 12.1 Å². The fourth-order valence-corrected chi connectivity index (χ4v) is 2.26. The highest BCUT2D eigenvalue weighted by Gasteiger charge is 2.26. The van der Waals surface area contributed by atoms with E-state index >= 15 is 0 Å². The van der Waals surface area contributed by atoms with Crippen molar-refractivity contribution in [3.63, 3.8) is 0 Å². The van der Waals surface area contributed by atoms with Crippen molar-refractivity contribution in [2.45, 2.75) is 33.3 Å². The third-order valence-electron chi connectivity index (χ3n) is 3.57. The number of hydrazone groups is 1. The molecule has 0 spiro atoms. The van der Waals surface area contributed by atoms with Gasteiger partial charge in [0.05, 0.1) is 5.92 Å². The topological polar surface area (TPSA) is 79.8 Å².